The maximum absolute atomic E-state index is 10.6. The predicted molar refractivity (Wildman–Crippen MR) is 269 cm³/mol. The first-order chi connectivity index (χ1) is 31.3. The van der Waals surface area contributed by atoms with Gasteiger partial charge in [0, 0.05) is 57.5 Å². The number of aryl methyl sites for hydroxylation is 6. The molecule has 2 fully saturated rings. The van der Waals surface area contributed by atoms with Crippen LogP contribution in [0, 0.1) is 0 Å². The van der Waals surface area contributed by atoms with Crippen LogP contribution in [0.15, 0.2) is 138 Å². The molecule has 11 rings (SSSR count). The molecule has 0 bridgehead atoms. The van der Waals surface area contributed by atoms with Crippen LogP contribution in [0.4, 0.5) is 0 Å². The highest BCUT2D eigenvalue weighted by Gasteiger charge is 2.15. The van der Waals surface area contributed by atoms with Gasteiger partial charge in [-0.25, -0.2) is 0 Å². The van der Waals surface area contributed by atoms with Gasteiger partial charge in [0.2, 0.25) is 0 Å². The van der Waals surface area contributed by atoms with Crippen molar-refractivity contribution in [3.05, 3.63) is 189 Å². The quantitative estimate of drug-likeness (QED) is 0.128. The van der Waals surface area contributed by atoms with Crippen molar-refractivity contribution in [2.75, 3.05) is 26.4 Å². The van der Waals surface area contributed by atoms with Gasteiger partial charge in [-0.2, -0.15) is 0 Å². The zero-order valence-electron chi connectivity index (χ0n) is 36.6. The lowest BCUT2D eigenvalue weighted by Gasteiger charge is -2.19. The Morgan fingerprint density at radius 2 is 0.812 bits per heavy atom. The first-order valence-electron chi connectivity index (χ1n) is 22.0. The number of carbonyl (C=O) groups excluding carboxylic acids is 2. The number of benzene rings is 6. The lowest BCUT2D eigenvalue weighted by molar-refractivity contribution is 0.111. The number of halogens is 1. The Labute approximate surface area is 391 Å². The topological polar surface area (TPSA) is 93.1 Å². The first kappa shape index (κ1) is 49.9. The van der Waals surface area contributed by atoms with Gasteiger partial charge in [0.05, 0.1) is 0 Å². The van der Waals surface area contributed by atoms with Crippen molar-refractivity contribution in [3.8, 4) is 22.3 Å². The molecule has 0 aromatic heterocycles. The average Bonchev–Trinajstić information content (AvgIpc) is 4.12. The van der Waals surface area contributed by atoms with Gasteiger partial charge in [0.15, 0.2) is 0 Å². The van der Waals surface area contributed by atoms with Crippen molar-refractivity contribution in [1.29, 1.82) is 0 Å². The van der Waals surface area contributed by atoms with Crippen molar-refractivity contribution < 1.29 is 29.1 Å². The normalized spacial score (nSPS) is 13.8. The Kier molecular flexibility index (Phi) is 21.3. The second-order valence-electron chi connectivity index (χ2n) is 15.7. The Hall–Kier alpha value is -5.09. The van der Waals surface area contributed by atoms with Gasteiger partial charge in [-0.3, -0.25) is 9.59 Å². The van der Waals surface area contributed by atoms with E-state index in [0.717, 1.165) is 38.3 Å². The van der Waals surface area contributed by atoms with E-state index in [0.29, 0.717) is 17.3 Å². The van der Waals surface area contributed by atoms with Crippen LogP contribution < -0.4 is 5.46 Å². The summed E-state index contributed by atoms with van der Waals surface area (Å²) in [5, 5.41) is 17.3. The summed E-state index contributed by atoms with van der Waals surface area (Å²) < 4.78 is 11.1. The van der Waals surface area contributed by atoms with E-state index >= 15 is 0 Å². The van der Waals surface area contributed by atoms with Crippen LogP contribution in [0.5, 0.6) is 0 Å². The summed E-state index contributed by atoms with van der Waals surface area (Å²) in [6.45, 7) is 7.77. The Morgan fingerprint density at radius 3 is 1.09 bits per heavy atom. The minimum atomic E-state index is -1.46. The molecule has 2 saturated heterocycles. The molecule has 5 aliphatic rings. The lowest BCUT2D eigenvalue weighted by Crippen LogP contribution is -2.29. The third kappa shape index (κ3) is 15.6. The number of hydrogen-bond acceptors (Lipinski definition) is 6. The van der Waals surface area contributed by atoms with Crippen molar-refractivity contribution in [1.82, 2.24) is 0 Å². The van der Waals surface area contributed by atoms with E-state index in [-0.39, 0.29) is 0 Å². The largest absolute Gasteiger partial charge is 0.488 e. The van der Waals surface area contributed by atoms with E-state index < -0.39 is 7.12 Å². The summed E-state index contributed by atoms with van der Waals surface area (Å²) in [4.78, 5) is 20.7. The van der Waals surface area contributed by atoms with Crippen LogP contribution in [0.1, 0.15) is 85.3 Å². The Bertz CT molecular complexity index is 2230. The molecule has 0 unspecified atom stereocenters. The maximum Gasteiger partial charge on any atom is 0.488 e. The van der Waals surface area contributed by atoms with Gasteiger partial charge in [0.25, 0.3) is 0 Å². The fourth-order valence-electron chi connectivity index (χ4n) is 7.25. The molecule has 4 radical (unpaired) electrons. The van der Waals surface area contributed by atoms with Gasteiger partial charge in [-0.05, 0) is 143 Å². The molecule has 0 spiro atoms. The van der Waals surface area contributed by atoms with Gasteiger partial charge in [0.1, 0.15) is 12.6 Å². The average molecular weight is 913 g/mol. The monoisotopic (exact) mass is 912 g/mol. The summed E-state index contributed by atoms with van der Waals surface area (Å²) in [7, 11) is 6.54. The van der Waals surface area contributed by atoms with Crippen molar-refractivity contribution in [3.63, 3.8) is 0 Å². The van der Waals surface area contributed by atoms with Gasteiger partial charge >= 0.3 is 7.12 Å². The molecule has 0 atom stereocenters. The highest BCUT2D eigenvalue weighted by Crippen LogP contribution is 2.30. The molecule has 0 amide bonds. The molecule has 2 aliphatic heterocycles. The third-order valence-electron chi connectivity index (χ3n) is 11.5. The van der Waals surface area contributed by atoms with Crippen LogP contribution in [0.2, 0.25) is 0 Å². The van der Waals surface area contributed by atoms with E-state index in [2.05, 4.69) is 117 Å². The Morgan fingerprint density at radius 1 is 0.469 bits per heavy atom. The number of hydrogen-bond donors (Lipinski definition) is 2. The predicted octanol–water partition coefficient (Wildman–Crippen LogP) is 9.92. The van der Waals surface area contributed by atoms with Gasteiger partial charge in [-0.1, -0.05) is 144 Å². The standard InChI is InChI=1S/C16H14.C15H12O.C8H7Br.C7H7BO3.2C4H8O.B2/c1-2-12-3-5-13(6-4-12)15-9-7-14-8-10-16(14)11-15;16-10-11-1-3-12(4-2-11)14-7-5-13-6-8-15(13)9-14;9-8-4-3-6-1-2-7(6)5-8;9-5-6-1-3-7(4-2-6)8(10)11;2*1-2-4-5-3-1;1-2/h2-7,9,11H,1,8,10H2;1-5,7,9-10H,6,8H2;3-5H,1-2H2;1-5,10-11H;2*1-4H2;. The number of fused-ring (bicyclic) bond motifs is 3. The Balaban J connectivity index is 0.000000150. The summed E-state index contributed by atoms with van der Waals surface area (Å²) in [5.74, 6) is 0. The summed E-state index contributed by atoms with van der Waals surface area (Å²) in [6, 6.07) is 42.3. The van der Waals surface area contributed by atoms with Crippen LogP contribution >= 0.6 is 15.9 Å². The third-order valence-corrected chi connectivity index (χ3v) is 12.0. The van der Waals surface area contributed by atoms with Crippen molar-refractivity contribution >= 4 is 62.6 Å². The van der Waals surface area contributed by atoms with E-state index in [1.165, 1.54) is 154 Å². The summed E-state index contributed by atoms with van der Waals surface area (Å²) in [6.07, 6.45) is 16.0. The number of ether oxygens (including phenoxy) is 2. The molecule has 6 nitrogen and oxygen atoms in total. The highest BCUT2D eigenvalue weighted by atomic mass is 79.9. The summed E-state index contributed by atoms with van der Waals surface area (Å²) >= 11 is 3.43. The number of rotatable bonds is 6. The van der Waals surface area contributed by atoms with Crippen LogP contribution in [-0.4, -0.2) is 71.6 Å². The maximum atomic E-state index is 10.6. The van der Waals surface area contributed by atoms with Crippen LogP contribution in [0.25, 0.3) is 28.3 Å². The zero-order valence-corrected chi connectivity index (χ0v) is 38.2. The molecular formula is C54H56B3BrO6. The molecule has 6 aromatic carbocycles. The smallest absolute Gasteiger partial charge is 0.423 e. The minimum absolute atomic E-state index is 0.385. The molecule has 2 N–H and O–H groups in total. The fourth-order valence-corrected chi connectivity index (χ4v) is 7.65. The van der Waals surface area contributed by atoms with Gasteiger partial charge in [-0.15, -0.1) is 0 Å². The van der Waals surface area contributed by atoms with E-state index in [9.17, 15) is 9.59 Å². The second kappa shape index (κ2) is 27.3. The molecular weight excluding hydrogens is 857 g/mol. The molecule has 64 heavy (non-hydrogen) atoms. The van der Waals surface area contributed by atoms with E-state index in [4.69, 9.17) is 19.5 Å². The fraction of sp³-hybridized carbons (Fsp3) is 0.259. The molecule has 3 aliphatic carbocycles. The first-order valence-corrected chi connectivity index (χ1v) is 22.8. The lowest BCUT2D eigenvalue weighted by atomic mass is 9.80. The number of aldehydes is 2. The molecule has 324 valence electrons. The second-order valence-corrected chi connectivity index (χ2v) is 16.7. The summed E-state index contributed by atoms with van der Waals surface area (Å²) in [5.41, 5.74) is 16.9. The van der Waals surface area contributed by atoms with Crippen LogP contribution in [0.3, 0.4) is 0 Å². The minimum Gasteiger partial charge on any atom is -0.423 e. The van der Waals surface area contributed by atoms with Crippen LogP contribution in [-0.2, 0) is 48.0 Å². The van der Waals surface area contributed by atoms with Gasteiger partial charge < -0.3 is 19.5 Å². The molecule has 0 saturated carbocycles. The van der Waals surface area contributed by atoms with Crippen molar-refractivity contribution in [2.45, 2.75) is 64.2 Å². The SMILES string of the molecule is Brc1ccc2c(c1)CC2.C1CCOC1.C1CCOC1.C=Cc1ccc(-c2ccc3c(c2)CC3)cc1.O=Cc1ccc(-c2ccc3c(c2)CC3)cc1.O=Cc1ccc(B(O)O)cc1.[B][B]. The molecule has 6 aromatic rings. The molecule has 2 heterocycles. The zero-order chi connectivity index (χ0) is 45.5. The highest BCUT2D eigenvalue weighted by molar-refractivity contribution is 9.10. The van der Waals surface area contributed by atoms with E-state index in [1.807, 2.05) is 30.3 Å². The number of carbonyl (C=O) groups is 2. The molecule has 10 heteroatoms. The van der Waals surface area contributed by atoms with Crippen molar-refractivity contribution in [2.24, 2.45) is 0 Å². The van der Waals surface area contributed by atoms with E-state index in [1.54, 1.807) is 0 Å².